The van der Waals surface area contributed by atoms with E-state index in [2.05, 4.69) is 26.2 Å². The molecular weight excluding hydrogens is 284 g/mol. The summed E-state index contributed by atoms with van der Waals surface area (Å²) in [6, 6.07) is 5.81. The lowest BCUT2D eigenvalue weighted by Gasteiger charge is -2.06. The Morgan fingerprint density at radius 2 is 2.35 bits per heavy atom. The molecule has 1 heterocycles. The van der Waals surface area contributed by atoms with Crippen molar-refractivity contribution < 1.29 is 4.79 Å². The first-order chi connectivity index (χ1) is 8.08. The Kier molecular flexibility index (Phi) is 3.33. The Bertz CT molecular complexity index is 564. The lowest BCUT2D eigenvalue weighted by molar-refractivity contribution is -0.118. The van der Waals surface area contributed by atoms with Crippen molar-refractivity contribution in [2.24, 2.45) is 0 Å². The molecular formula is C11H13BrN4O. The lowest BCUT2D eigenvalue weighted by atomic mass is 10.3. The summed E-state index contributed by atoms with van der Waals surface area (Å²) in [4.78, 5) is 15.1. The molecule has 0 unspecified atom stereocenters. The molecule has 0 radical (unpaired) electrons. The van der Waals surface area contributed by atoms with E-state index < -0.39 is 0 Å². The molecule has 0 spiro atoms. The van der Waals surface area contributed by atoms with Crippen LogP contribution in [0.3, 0.4) is 0 Å². The second kappa shape index (κ2) is 4.75. The number of hydrogen-bond acceptors (Lipinski definition) is 3. The van der Waals surface area contributed by atoms with Crippen LogP contribution in [0.1, 0.15) is 6.92 Å². The maximum Gasteiger partial charge on any atom is 0.216 e. The number of amides is 1. The second-order valence-electron chi connectivity index (χ2n) is 3.74. The van der Waals surface area contributed by atoms with Crippen molar-refractivity contribution in [1.29, 1.82) is 0 Å². The van der Waals surface area contributed by atoms with Crippen LogP contribution in [0.15, 0.2) is 22.7 Å². The summed E-state index contributed by atoms with van der Waals surface area (Å²) in [5, 5.41) is 2.73. The molecule has 6 heteroatoms. The van der Waals surface area contributed by atoms with E-state index in [9.17, 15) is 4.79 Å². The van der Waals surface area contributed by atoms with E-state index in [1.54, 1.807) is 0 Å². The van der Waals surface area contributed by atoms with Crippen molar-refractivity contribution in [1.82, 2.24) is 14.9 Å². The van der Waals surface area contributed by atoms with Gasteiger partial charge in [0.25, 0.3) is 0 Å². The summed E-state index contributed by atoms with van der Waals surface area (Å²) < 4.78 is 2.86. The van der Waals surface area contributed by atoms with Crippen molar-refractivity contribution in [3.63, 3.8) is 0 Å². The van der Waals surface area contributed by atoms with Gasteiger partial charge in [-0.3, -0.25) is 4.79 Å². The molecule has 0 fully saturated rings. The van der Waals surface area contributed by atoms with Gasteiger partial charge in [0.05, 0.1) is 11.0 Å². The predicted molar refractivity (Wildman–Crippen MR) is 70.5 cm³/mol. The molecule has 0 bridgehead atoms. The number of nitrogens with zero attached hydrogens (tertiary/aromatic N) is 2. The molecule has 5 nitrogen and oxygen atoms in total. The maximum atomic E-state index is 10.8. The summed E-state index contributed by atoms with van der Waals surface area (Å²) in [5.74, 6) is 0.416. The summed E-state index contributed by atoms with van der Waals surface area (Å²) in [6.45, 7) is 2.65. The van der Waals surface area contributed by atoms with Gasteiger partial charge in [0.15, 0.2) is 0 Å². The van der Waals surface area contributed by atoms with Crippen LogP contribution in [0, 0.1) is 0 Å². The topological polar surface area (TPSA) is 72.9 Å². The molecule has 3 N–H and O–H groups in total. The second-order valence-corrected chi connectivity index (χ2v) is 4.65. The fourth-order valence-corrected chi connectivity index (χ4v) is 2.05. The highest BCUT2D eigenvalue weighted by atomic mass is 79.9. The summed E-state index contributed by atoms with van der Waals surface area (Å²) >= 11 is 3.39. The van der Waals surface area contributed by atoms with Crippen molar-refractivity contribution in [3.8, 4) is 0 Å². The van der Waals surface area contributed by atoms with Crippen LogP contribution in [0.4, 0.5) is 5.95 Å². The first kappa shape index (κ1) is 11.9. The number of carbonyl (C=O) groups is 1. The molecule has 0 saturated heterocycles. The van der Waals surface area contributed by atoms with Crippen LogP contribution >= 0.6 is 15.9 Å². The van der Waals surface area contributed by atoms with Crippen molar-refractivity contribution in [3.05, 3.63) is 22.7 Å². The molecule has 1 aromatic carbocycles. The van der Waals surface area contributed by atoms with E-state index in [0.29, 0.717) is 19.0 Å². The Hall–Kier alpha value is -1.56. The third-order valence-electron chi connectivity index (χ3n) is 2.45. The number of halogens is 1. The van der Waals surface area contributed by atoms with Crippen LogP contribution in [0.2, 0.25) is 0 Å². The predicted octanol–water partition coefficient (Wildman–Crippen LogP) is 1.52. The van der Waals surface area contributed by atoms with Crippen LogP contribution in [0.25, 0.3) is 11.0 Å². The van der Waals surface area contributed by atoms with Gasteiger partial charge in [0.2, 0.25) is 11.9 Å². The van der Waals surface area contributed by atoms with E-state index in [4.69, 9.17) is 5.73 Å². The fraction of sp³-hybridized carbons (Fsp3) is 0.273. The van der Waals surface area contributed by atoms with Crippen molar-refractivity contribution in [2.45, 2.75) is 13.5 Å². The first-order valence-electron chi connectivity index (χ1n) is 5.23. The van der Waals surface area contributed by atoms with Gasteiger partial charge in [-0.05, 0) is 18.2 Å². The van der Waals surface area contributed by atoms with Gasteiger partial charge in [-0.25, -0.2) is 4.98 Å². The van der Waals surface area contributed by atoms with Crippen LogP contribution in [0.5, 0.6) is 0 Å². The average Bonchev–Trinajstić information content (AvgIpc) is 2.54. The number of rotatable bonds is 3. The van der Waals surface area contributed by atoms with E-state index in [1.807, 2.05) is 22.8 Å². The maximum absolute atomic E-state index is 10.8. The highest BCUT2D eigenvalue weighted by molar-refractivity contribution is 9.10. The van der Waals surface area contributed by atoms with Gasteiger partial charge in [-0.2, -0.15) is 0 Å². The van der Waals surface area contributed by atoms with Gasteiger partial charge in [0, 0.05) is 24.5 Å². The molecule has 0 saturated carbocycles. The Morgan fingerprint density at radius 1 is 1.59 bits per heavy atom. The minimum absolute atomic E-state index is 0.0456. The monoisotopic (exact) mass is 296 g/mol. The zero-order chi connectivity index (χ0) is 12.4. The molecule has 2 rings (SSSR count). The molecule has 2 aromatic rings. The van der Waals surface area contributed by atoms with Gasteiger partial charge >= 0.3 is 0 Å². The first-order valence-corrected chi connectivity index (χ1v) is 6.03. The van der Waals surface area contributed by atoms with Gasteiger partial charge < -0.3 is 15.6 Å². The zero-order valence-corrected chi connectivity index (χ0v) is 11.0. The SMILES string of the molecule is CC(=O)NCCn1c(N)nc2cc(Br)ccc21. The van der Waals surface area contributed by atoms with Crippen molar-refractivity contribution in [2.75, 3.05) is 12.3 Å². The fourth-order valence-electron chi connectivity index (χ4n) is 1.70. The number of carbonyl (C=O) groups excluding carboxylic acids is 1. The van der Waals surface area contributed by atoms with Crippen LogP contribution in [-0.4, -0.2) is 22.0 Å². The molecule has 1 aromatic heterocycles. The smallest absolute Gasteiger partial charge is 0.216 e. The third kappa shape index (κ3) is 2.58. The van der Waals surface area contributed by atoms with Crippen LogP contribution < -0.4 is 11.1 Å². The largest absolute Gasteiger partial charge is 0.369 e. The third-order valence-corrected chi connectivity index (χ3v) is 2.94. The van der Waals surface area contributed by atoms with Gasteiger partial charge in [0.1, 0.15) is 0 Å². The number of benzene rings is 1. The van der Waals surface area contributed by atoms with Gasteiger partial charge in [-0.1, -0.05) is 15.9 Å². The highest BCUT2D eigenvalue weighted by Gasteiger charge is 2.07. The Balaban J connectivity index is 2.27. The number of hydrogen-bond donors (Lipinski definition) is 2. The normalized spacial score (nSPS) is 10.7. The molecule has 0 atom stereocenters. The number of nitrogens with one attached hydrogen (secondary N) is 1. The number of anilines is 1. The number of aromatic nitrogens is 2. The van der Waals surface area contributed by atoms with Crippen molar-refractivity contribution >= 4 is 38.8 Å². The van der Waals surface area contributed by atoms with E-state index in [-0.39, 0.29) is 5.91 Å². The molecule has 0 aliphatic carbocycles. The average molecular weight is 297 g/mol. The highest BCUT2D eigenvalue weighted by Crippen LogP contribution is 2.21. The standard InChI is InChI=1S/C11H13BrN4O/c1-7(17)14-4-5-16-10-3-2-8(12)6-9(10)15-11(16)13/h2-3,6H,4-5H2,1H3,(H2,13,15)(H,14,17). The van der Waals surface area contributed by atoms with E-state index >= 15 is 0 Å². The van der Waals surface area contributed by atoms with E-state index in [1.165, 1.54) is 6.92 Å². The Labute approximate surface area is 107 Å². The molecule has 0 aliphatic rings. The molecule has 1 amide bonds. The number of imidazole rings is 1. The molecule has 0 aliphatic heterocycles. The van der Waals surface area contributed by atoms with E-state index in [0.717, 1.165) is 15.5 Å². The quantitative estimate of drug-likeness (QED) is 0.902. The van der Waals surface area contributed by atoms with Crippen LogP contribution in [-0.2, 0) is 11.3 Å². The number of nitrogen functional groups attached to an aromatic ring is 1. The zero-order valence-electron chi connectivity index (χ0n) is 9.40. The number of nitrogens with two attached hydrogens (primary N) is 1. The number of fused-ring (bicyclic) bond motifs is 1. The Morgan fingerprint density at radius 3 is 3.06 bits per heavy atom. The molecule has 90 valence electrons. The van der Waals surface area contributed by atoms with Gasteiger partial charge in [-0.15, -0.1) is 0 Å². The summed E-state index contributed by atoms with van der Waals surface area (Å²) in [7, 11) is 0. The molecule has 17 heavy (non-hydrogen) atoms. The summed E-state index contributed by atoms with van der Waals surface area (Å²) in [6.07, 6.45) is 0. The summed E-state index contributed by atoms with van der Waals surface area (Å²) in [5.41, 5.74) is 7.66. The lowest BCUT2D eigenvalue weighted by Crippen LogP contribution is -2.24. The minimum Gasteiger partial charge on any atom is -0.369 e. The minimum atomic E-state index is -0.0456.